The summed E-state index contributed by atoms with van der Waals surface area (Å²) >= 11 is 11.5. The third-order valence-corrected chi connectivity index (χ3v) is 2.69. The number of hydrogen-bond donors (Lipinski definition) is 0. The molecule has 0 N–H and O–H groups in total. The first-order chi connectivity index (χ1) is 7.67. The van der Waals surface area contributed by atoms with Gasteiger partial charge in [0, 0.05) is 12.3 Å². The van der Waals surface area contributed by atoms with Gasteiger partial charge in [-0.3, -0.25) is 0 Å². The molecule has 0 saturated carbocycles. The highest BCUT2D eigenvalue weighted by atomic mass is 35.5. The number of aryl methyl sites for hydroxylation is 1. The molecule has 1 aromatic carbocycles. The van der Waals surface area contributed by atoms with E-state index in [1.807, 2.05) is 43.3 Å². The van der Waals surface area contributed by atoms with Crippen LogP contribution in [0.15, 0.2) is 30.3 Å². The highest BCUT2D eigenvalue weighted by molar-refractivity contribution is 6.23. The molecule has 0 amide bonds. The lowest BCUT2D eigenvalue weighted by Crippen LogP contribution is -1.97. The van der Waals surface area contributed by atoms with Gasteiger partial charge in [-0.1, -0.05) is 35.9 Å². The number of alkyl halides is 2. The molecule has 0 heterocycles. The van der Waals surface area contributed by atoms with Crippen LogP contribution in [-0.2, 0) is 0 Å². The zero-order valence-electron chi connectivity index (χ0n) is 9.08. The molecule has 1 unspecified atom stereocenters. The molecule has 1 nitrogen and oxygen atoms in total. The summed E-state index contributed by atoms with van der Waals surface area (Å²) in [5, 5.41) is 8.20. The van der Waals surface area contributed by atoms with Gasteiger partial charge in [-0.25, -0.2) is 0 Å². The minimum absolute atomic E-state index is 0.429. The van der Waals surface area contributed by atoms with Gasteiger partial charge in [-0.15, -0.1) is 23.2 Å². The Balaban J connectivity index is 2.91. The van der Waals surface area contributed by atoms with Crippen LogP contribution in [0, 0.1) is 18.3 Å². The van der Waals surface area contributed by atoms with Crippen LogP contribution in [0.1, 0.15) is 17.5 Å². The van der Waals surface area contributed by atoms with E-state index >= 15 is 0 Å². The van der Waals surface area contributed by atoms with Gasteiger partial charge in [0.25, 0.3) is 0 Å². The second-order valence-corrected chi connectivity index (χ2v) is 4.39. The topological polar surface area (TPSA) is 23.8 Å². The Hall–Kier alpha value is -0.970. The van der Waals surface area contributed by atoms with Crippen molar-refractivity contribution in [2.45, 2.75) is 18.7 Å². The Morgan fingerprint density at radius 1 is 1.44 bits per heavy atom. The fraction of sp³-hybridized carbons (Fsp3) is 0.308. The fourth-order valence-corrected chi connectivity index (χ4v) is 1.77. The van der Waals surface area contributed by atoms with Crippen molar-refractivity contribution in [3.63, 3.8) is 0 Å². The molecule has 1 rings (SSSR count). The van der Waals surface area contributed by atoms with Gasteiger partial charge in [0.15, 0.2) is 0 Å². The number of benzene rings is 1. The van der Waals surface area contributed by atoms with Gasteiger partial charge in [0.1, 0.15) is 5.38 Å². The molecular formula is C13H13Cl2N. The van der Waals surface area contributed by atoms with E-state index in [-0.39, 0.29) is 0 Å². The Morgan fingerprint density at radius 3 is 2.56 bits per heavy atom. The molecule has 1 atom stereocenters. The maximum atomic E-state index is 8.70. The zero-order chi connectivity index (χ0) is 12.0. The summed E-state index contributed by atoms with van der Waals surface area (Å²) in [6.45, 7) is 2.04. The zero-order valence-corrected chi connectivity index (χ0v) is 10.6. The van der Waals surface area contributed by atoms with E-state index in [0.717, 1.165) is 11.1 Å². The van der Waals surface area contributed by atoms with E-state index < -0.39 is 5.38 Å². The van der Waals surface area contributed by atoms with Crippen LogP contribution >= 0.6 is 23.2 Å². The highest BCUT2D eigenvalue weighted by Gasteiger charge is 2.08. The number of allylic oxidation sites excluding steroid dienone is 2. The van der Waals surface area contributed by atoms with Crippen molar-refractivity contribution in [1.29, 1.82) is 5.26 Å². The van der Waals surface area contributed by atoms with Crippen LogP contribution in [-0.4, -0.2) is 11.3 Å². The van der Waals surface area contributed by atoms with Crippen LogP contribution in [0.5, 0.6) is 0 Å². The molecule has 16 heavy (non-hydrogen) atoms. The average Bonchev–Trinajstić information content (AvgIpc) is 2.29. The van der Waals surface area contributed by atoms with Crippen LogP contribution in [0.4, 0.5) is 0 Å². The van der Waals surface area contributed by atoms with E-state index in [1.54, 1.807) is 0 Å². The van der Waals surface area contributed by atoms with E-state index in [4.69, 9.17) is 28.5 Å². The summed E-state index contributed by atoms with van der Waals surface area (Å²) < 4.78 is 0. The molecule has 0 radical (unpaired) electrons. The van der Waals surface area contributed by atoms with E-state index in [9.17, 15) is 0 Å². The van der Waals surface area contributed by atoms with Gasteiger partial charge < -0.3 is 0 Å². The number of nitrogens with zero attached hydrogens (tertiary/aromatic N) is 1. The number of halogens is 2. The van der Waals surface area contributed by atoms with Gasteiger partial charge in [-0.05, 0) is 18.1 Å². The molecule has 0 aliphatic heterocycles. The van der Waals surface area contributed by atoms with Crippen LogP contribution in [0.2, 0.25) is 0 Å². The normalized spacial score (nSPS) is 13.2. The Bertz CT molecular complexity index is 401. The maximum Gasteiger partial charge on any atom is 0.124 e. The van der Waals surface area contributed by atoms with E-state index in [0.29, 0.717) is 12.3 Å². The third kappa shape index (κ3) is 3.89. The summed E-state index contributed by atoms with van der Waals surface area (Å²) in [6, 6.07) is 10.1. The van der Waals surface area contributed by atoms with E-state index in [2.05, 4.69) is 0 Å². The molecule has 3 heteroatoms. The first kappa shape index (κ1) is 13.1. The predicted molar refractivity (Wildman–Crippen MR) is 69.7 cm³/mol. The molecule has 0 fully saturated rings. The second kappa shape index (κ2) is 6.58. The van der Waals surface area contributed by atoms with Gasteiger partial charge in [0.05, 0.1) is 6.07 Å². The summed E-state index contributed by atoms with van der Waals surface area (Å²) in [6.07, 6.45) is 2.42. The maximum absolute atomic E-state index is 8.70. The number of rotatable bonds is 4. The summed E-state index contributed by atoms with van der Waals surface area (Å²) in [4.78, 5) is 0. The van der Waals surface area contributed by atoms with Crippen molar-refractivity contribution < 1.29 is 0 Å². The standard InChI is InChI=1S/C13H13Cl2N/c1-10-2-4-11(5-3-10)12(6-7-14)8-13(15)9-16/h2-6,13H,7-8H2,1H3/b12-6-. The average molecular weight is 254 g/mol. The van der Waals surface area contributed by atoms with Crippen LogP contribution in [0.3, 0.4) is 0 Å². The smallest absolute Gasteiger partial charge is 0.124 e. The summed E-state index contributed by atoms with van der Waals surface area (Å²) in [5.41, 5.74) is 3.31. The lowest BCUT2D eigenvalue weighted by Gasteiger charge is -2.08. The van der Waals surface area contributed by atoms with Crippen LogP contribution in [0.25, 0.3) is 5.57 Å². The van der Waals surface area contributed by atoms with Crippen molar-refractivity contribution >= 4 is 28.8 Å². The van der Waals surface area contributed by atoms with Crippen molar-refractivity contribution in [3.8, 4) is 6.07 Å². The molecular weight excluding hydrogens is 241 g/mol. The predicted octanol–water partition coefficient (Wildman–Crippen LogP) is 4.14. The monoisotopic (exact) mass is 253 g/mol. The van der Waals surface area contributed by atoms with Crippen LogP contribution < -0.4 is 0 Å². The van der Waals surface area contributed by atoms with Crippen molar-refractivity contribution in [1.82, 2.24) is 0 Å². The number of hydrogen-bond acceptors (Lipinski definition) is 1. The molecule has 0 spiro atoms. The fourth-order valence-electron chi connectivity index (χ4n) is 1.42. The van der Waals surface area contributed by atoms with Gasteiger partial charge in [0.2, 0.25) is 0 Å². The summed E-state index contributed by atoms with van der Waals surface area (Å²) in [7, 11) is 0. The van der Waals surface area contributed by atoms with Crippen molar-refractivity contribution in [2.24, 2.45) is 0 Å². The third-order valence-electron chi connectivity index (χ3n) is 2.29. The summed E-state index contributed by atoms with van der Waals surface area (Å²) in [5.74, 6) is 0.429. The molecule has 0 bridgehead atoms. The molecule has 1 aromatic rings. The Morgan fingerprint density at radius 2 is 2.06 bits per heavy atom. The minimum atomic E-state index is -0.504. The molecule has 0 aromatic heterocycles. The lowest BCUT2D eigenvalue weighted by molar-refractivity contribution is 1.08. The SMILES string of the molecule is Cc1ccc(/C(=C\CCl)CC(Cl)C#N)cc1. The highest BCUT2D eigenvalue weighted by Crippen LogP contribution is 2.22. The van der Waals surface area contributed by atoms with Gasteiger partial charge in [-0.2, -0.15) is 5.26 Å². The largest absolute Gasteiger partial charge is 0.197 e. The Labute approximate surface area is 106 Å². The molecule has 0 aliphatic rings. The molecule has 0 saturated heterocycles. The minimum Gasteiger partial charge on any atom is -0.197 e. The van der Waals surface area contributed by atoms with Crippen molar-refractivity contribution in [2.75, 3.05) is 5.88 Å². The number of nitriles is 1. The quantitative estimate of drug-likeness (QED) is 0.741. The molecule has 84 valence electrons. The first-order valence-corrected chi connectivity index (χ1v) is 6.00. The van der Waals surface area contributed by atoms with E-state index in [1.165, 1.54) is 5.56 Å². The van der Waals surface area contributed by atoms with Crippen molar-refractivity contribution in [3.05, 3.63) is 41.5 Å². The molecule has 0 aliphatic carbocycles. The lowest BCUT2D eigenvalue weighted by atomic mass is 10.00. The first-order valence-electron chi connectivity index (χ1n) is 5.03. The second-order valence-electron chi connectivity index (χ2n) is 3.55. The Kier molecular flexibility index (Phi) is 5.38. The van der Waals surface area contributed by atoms with Gasteiger partial charge >= 0.3 is 0 Å².